The van der Waals surface area contributed by atoms with E-state index < -0.39 is 0 Å². The minimum Gasteiger partial charge on any atom is -0.353 e. The van der Waals surface area contributed by atoms with E-state index in [0.717, 1.165) is 43.1 Å². The molecule has 1 N–H and O–H groups in total. The molecular formula is C17H24N6O. The number of amides is 1. The summed E-state index contributed by atoms with van der Waals surface area (Å²) in [4.78, 5) is 22.9. The first-order valence-electron chi connectivity index (χ1n) is 8.43. The van der Waals surface area contributed by atoms with Crippen molar-refractivity contribution < 1.29 is 4.79 Å². The summed E-state index contributed by atoms with van der Waals surface area (Å²) in [5, 5.41) is 7.54. The molecule has 1 amide bonds. The number of aryl methyl sites for hydroxylation is 3. The van der Waals surface area contributed by atoms with Crippen LogP contribution >= 0.6 is 0 Å². The van der Waals surface area contributed by atoms with Gasteiger partial charge >= 0.3 is 0 Å². The van der Waals surface area contributed by atoms with Gasteiger partial charge in [0.15, 0.2) is 0 Å². The maximum Gasteiger partial charge on any atom is 0.222 e. The fraction of sp³-hybridized carbons (Fsp3) is 0.529. The van der Waals surface area contributed by atoms with E-state index in [0.29, 0.717) is 13.0 Å². The van der Waals surface area contributed by atoms with Crippen molar-refractivity contribution in [3.8, 4) is 0 Å². The monoisotopic (exact) mass is 328 g/mol. The van der Waals surface area contributed by atoms with Gasteiger partial charge in [-0.2, -0.15) is 5.10 Å². The van der Waals surface area contributed by atoms with Crippen molar-refractivity contribution >= 4 is 11.7 Å². The Morgan fingerprint density at radius 2 is 2.25 bits per heavy atom. The smallest absolute Gasteiger partial charge is 0.222 e. The minimum atomic E-state index is 0.0774. The Morgan fingerprint density at radius 3 is 2.96 bits per heavy atom. The van der Waals surface area contributed by atoms with Gasteiger partial charge in [0.05, 0.1) is 11.9 Å². The van der Waals surface area contributed by atoms with Gasteiger partial charge in [-0.1, -0.05) is 0 Å². The lowest BCUT2D eigenvalue weighted by atomic mass is 10.1. The van der Waals surface area contributed by atoms with Gasteiger partial charge in [-0.25, -0.2) is 4.98 Å². The van der Waals surface area contributed by atoms with Crippen LogP contribution in [0.3, 0.4) is 0 Å². The molecule has 0 radical (unpaired) electrons. The average Bonchev–Trinajstić information content (AvgIpc) is 2.91. The molecule has 3 heterocycles. The normalized spacial score (nSPS) is 17.8. The second kappa shape index (κ2) is 7.42. The number of anilines is 1. The van der Waals surface area contributed by atoms with E-state index >= 15 is 0 Å². The third-order valence-electron chi connectivity index (χ3n) is 4.31. The molecule has 2 aromatic rings. The lowest BCUT2D eigenvalue weighted by Crippen LogP contribution is -2.48. The molecule has 128 valence electrons. The molecule has 0 aromatic carbocycles. The first-order chi connectivity index (χ1) is 11.6. The number of nitrogens with zero attached hydrogens (tertiary/aromatic N) is 5. The molecule has 1 unspecified atom stereocenters. The Balaban J connectivity index is 1.50. The van der Waals surface area contributed by atoms with Gasteiger partial charge in [-0.15, -0.1) is 0 Å². The van der Waals surface area contributed by atoms with E-state index in [1.54, 1.807) is 18.6 Å². The fourth-order valence-electron chi connectivity index (χ4n) is 3.17. The first kappa shape index (κ1) is 16.4. The summed E-state index contributed by atoms with van der Waals surface area (Å²) in [6, 6.07) is 2.19. The predicted molar refractivity (Wildman–Crippen MR) is 91.7 cm³/mol. The first-order valence-corrected chi connectivity index (χ1v) is 8.43. The van der Waals surface area contributed by atoms with E-state index in [2.05, 4.69) is 25.3 Å². The van der Waals surface area contributed by atoms with Gasteiger partial charge in [0.1, 0.15) is 5.82 Å². The molecule has 0 spiro atoms. The molecule has 3 rings (SSSR count). The molecule has 1 aliphatic heterocycles. The fourth-order valence-corrected chi connectivity index (χ4v) is 3.17. The van der Waals surface area contributed by atoms with Gasteiger partial charge in [0, 0.05) is 50.2 Å². The maximum atomic E-state index is 12.2. The Hall–Kier alpha value is -2.44. The molecule has 0 aliphatic carbocycles. The number of aromatic nitrogens is 4. The number of piperidine rings is 1. The molecule has 1 saturated heterocycles. The van der Waals surface area contributed by atoms with Crippen LogP contribution in [0, 0.1) is 13.8 Å². The lowest BCUT2D eigenvalue weighted by molar-refractivity contribution is -0.122. The van der Waals surface area contributed by atoms with Gasteiger partial charge < -0.3 is 10.2 Å². The number of rotatable bonds is 5. The van der Waals surface area contributed by atoms with E-state index in [1.165, 1.54) is 0 Å². The van der Waals surface area contributed by atoms with E-state index in [9.17, 15) is 4.79 Å². The Labute approximate surface area is 142 Å². The maximum absolute atomic E-state index is 12.2. The van der Waals surface area contributed by atoms with Crippen molar-refractivity contribution in [3.05, 3.63) is 36.0 Å². The summed E-state index contributed by atoms with van der Waals surface area (Å²) in [6.45, 7) is 6.33. The second-order valence-electron chi connectivity index (χ2n) is 6.32. The van der Waals surface area contributed by atoms with E-state index in [1.807, 2.05) is 24.6 Å². The number of carbonyl (C=O) groups is 1. The highest BCUT2D eigenvalue weighted by Gasteiger charge is 2.22. The summed E-state index contributed by atoms with van der Waals surface area (Å²) >= 11 is 0. The van der Waals surface area contributed by atoms with Crippen LogP contribution in [0.5, 0.6) is 0 Å². The number of nitrogens with one attached hydrogen (secondary N) is 1. The van der Waals surface area contributed by atoms with Crippen molar-refractivity contribution in [1.82, 2.24) is 25.1 Å². The zero-order valence-corrected chi connectivity index (χ0v) is 14.3. The molecule has 2 aromatic heterocycles. The zero-order valence-electron chi connectivity index (χ0n) is 14.3. The highest BCUT2D eigenvalue weighted by molar-refractivity contribution is 5.76. The highest BCUT2D eigenvalue weighted by atomic mass is 16.1. The second-order valence-corrected chi connectivity index (χ2v) is 6.32. The van der Waals surface area contributed by atoms with Gasteiger partial charge in [-0.05, 0) is 32.8 Å². The lowest BCUT2D eigenvalue weighted by Gasteiger charge is -2.33. The number of hydrogen-bond acceptors (Lipinski definition) is 5. The van der Waals surface area contributed by atoms with E-state index in [-0.39, 0.29) is 11.9 Å². The van der Waals surface area contributed by atoms with Crippen LogP contribution < -0.4 is 10.2 Å². The third kappa shape index (κ3) is 4.10. The van der Waals surface area contributed by atoms with Gasteiger partial charge in [-0.3, -0.25) is 14.5 Å². The van der Waals surface area contributed by atoms with Crippen LogP contribution in [0.4, 0.5) is 5.82 Å². The van der Waals surface area contributed by atoms with Crippen LogP contribution in [-0.2, 0) is 11.3 Å². The molecular weight excluding hydrogens is 304 g/mol. The molecule has 0 saturated carbocycles. The minimum absolute atomic E-state index is 0.0774. The molecule has 0 bridgehead atoms. The predicted octanol–water partition coefficient (Wildman–Crippen LogP) is 1.47. The van der Waals surface area contributed by atoms with Gasteiger partial charge in [0.25, 0.3) is 0 Å². The Kier molecular flexibility index (Phi) is 5.08. The summed E-state index contributed by atoms with van der Waals surface area (Å²) in [7, 11) is 0. The van der Waals surface area contributed by atoms with E-state index in [4.69, 9.17) is 0 Å². The molecule has 1 aliphatic rings. The Morgan fingerprint density at radius 1 is 1.38 bits per heavy atom. The summed E-state index contributed by atoms with van der Waals surface area (Å²) in [5.74, 6) is 0.952. The summed E-state index contributed by atoms with van der Waals surface area (Å²) in [6.07, 6.45) is 7.63. The topological polar surface area (TPSA) is 75.9 Å². The van der Waals surface area contributed by atoms with Crippen LogP contribution in [-0.4, -0.2) is 44.8 Å². The summed E-state index contributed by atoms with van der Waals surface area (Å²) < 4.78 is 1.89. The van der Waals surface area contributed by atoms with Crippen molar-refractivity contribution in [2.75, 3.05) is 18.0 Å². The quantitative estimate of drug-likeness (QED) is 0.899. The zero-order chi connectivity index (χ0) is 16.9. The third-order valence-corrected chi connectivity index (χ3v) is 4.31. The molecule has 1 fully saturated rings. The summed E-state index contributed by atoms with van der Waals surface area (Å²) in [5.41, 5.74) is 2.08. The van der Waals surface area contributed by atoms with Crippen LogP contribution in [0.25, 0.3) is 0 Å². The molecule has 24 heavy (non-hydrogen) atoms. The average molecular weight is 328 g/mol. The highest BCUT2D eigenvalue weighted by Crippen LogP contribution is 2.16. The Bertz CT molecular complexity index is 684. The van der Waals surface area contributed by atoms with Crippen molar-refractivity contribution in [1.29, 1.82) is 0 Å². The van der Waals surface area contributed by atoms with Crippen LogP contribution in [0.15, 0.2) is 24.7 Å². The van der Waals surface area contributed by atoms with Crippen molar-refractivity contribution in [3.63, 3.8) is 0 Å². The SMILES string of the molecule is Cc1cc(C)n(CCC(=O)NC2CCCN(c3cnccn3)C2)n1. The van der Waals surface area contributed by atoms with Crippen molar-refractivity contribution in [2.24, 2.45) is 0 Å². The van der Waals surface area contributed by atoms with Crippen molar-refractivity contribution in [2.45, 2.75) is 45.7 Å². The molecule has 7 nitrogen and oxygen atoms in total. The van der Waals surface area contributed by atoms with Gasteiger partial charge in [0.2, 0.25) is 5.91 Å². The van der Waals surface area contributed by atoms with Crippen LogP contribution in [0.1, 0.15) is 30.7 Å². The number of carbonyl (C=O) groups excluding carboxylic acids is 1. The molecule has 7 heteroatoms. The largest absolute Gasteiger partial charge is 0.353 e. The van der Waals surface area contributed by atoms with Crippen LogP contribution in [0.2, 0.25) is 0 Å². The standard InChI is InChI=1S/C17H24N6O/c1-13-10-14(2)23(21-13)9-5-17(24)20-15-4-3-8-22(12-15)16-11-18-6-7-19-16/h6-7,10-11,15H,3-5,8-9,12H2,1-2H3,(H,20,24). The number of hydrogen-bond donors (Lipinski definition) is 1. The molecule has 1 atom stereocenters.